The summed E-state index contributed by atoms with van der Waals surface area (Å²) in [5.41, 5.74) is -1.64. The molecule has 0 bridgehead atoms. The summed E-state index contributed by atoms with van der Waals surface area (Å²) >= 11 is 0. The van der Waals surface area contributed by atoms with Crippen LogP contribution >= 0.6 is 0 Å². The van der Waals surface area contributed by atoms with Gasteiger partial charge >= 0.3 is 6.18 Å². The number of hydrogen-bond acceptors (Lipinski definition) is 2. The number of nitrogens with one attached hydrogen (secondary N) is 1. The normalized spacial score (nSPS) is 22.8. The van der Waals surface area contributed by atoms with Gasteiger partial charge < -0.3 is 10.4 Å². The molecule has 0 aromatic heterocycles. The molecule has 1 aliphatic carbocycles. The minimum Gasteiger partial charge on any atom is -0.396 e. The van der Waals surface area contributed by atoms with Crippen LogP contribution in [0.2, 0.25) is 0 Å². The average Bonchev–Trinajstić information content (AvgIpc) is 2.79. The Bertz CT molecular complexity index is 177. The molecule has 0 heterocycles. The van der Waals surface area contributed by atoms with E-state index in [1.807, 2.05) is 0 Å². The van der Waals surface area contributed by atoms with E-state index in [1.165, 1.54) is 0 Å². The van der Waals surface area contributed by atoms with Crippen LogP contribution in [0.4, 0.5) is 13.2 Å². The Morgan fingerprint density at radius 2 is 2.00 bits per heavy atom. The van der Waals surface area contributed by atoms with Crippen molar-refractivity contribution in [3.05, 3.63) is 0 Å². The van der Waals surface area contributed by atoms with Gasteiger partial charge in [-0.05, 0) is 18.8 Å². The van der Waals surface area contributed by atoms with E-state index in [2.05, 4.69) is 5.32 Å². The first kappa shape index (κ1) is 10.8. The van der Waals surface area contributed by atoms with Gasteiger partial charge in [0, 0.05) is 13.2 Å². The second-order valence-electron chi connectivity index (χ2n) is 3.75. The smallest absolute Gasteiger partial charge is 0.396 e. The molecule has 78 valence electrons. The van der Waals surface area contributed by atoms with Gasteiger partial charge in [0.1, 0.15) is 5.54 Å². The molecule has 1 unspecified atom stereocenters. The first-order valence-electron chi connectivity index (χ1n) is 4.34. The lowest BCUT2D eigenvalue weighted by molar-refractivity contribution is -0.166. The number of hydrogen-bond donors (Lipinski definition) is 2. The first-order chi connectivity index (χ1) is 5.91. The van der Waals surface area contributed by atoms with Crippen LogP contribution in [0.1, 0.15) is 19.8 Å². The quantitative estimate of drug-likeness (QED) is 0.712. The topological polar surface area (TPSA) is 32.3 Å². The minimum absolute atomic E-state index is 0.0824. The lowest BCUT2D eigenvalue weighted by Gasteiger charge is -2.22. The highest BCUT2D eigenvalue weighted by Gasteiger charge is 2.62. The van der Waals surface area contributed by atoms with Crippen molar-refractivity contribution >= 4 is 0 Å². The van der Waals surface area contributed by atoms with E-state index in [1.54, 1.807) is 6.92 Å². The number of halogens is 3. The van der Waals surface area contributed by atoms with Crippen LogP contribution in [0.3, 0.4) is 0 Å². The molecule has 0 amide bonds. The van der Waals surface area contributed by atoms with Gasteiger partial charge in [0.25, 0.3) is 0 Å². The molecule has 2 N–H and O–H groups in total. The summed E-state index contributed by atoms with van der Waals surface area (Å²) in [6.45, 7) is 1.84. The predicted octanol–water partition coefficient (Wildman–Crippen LogP) is 1.30. The summed E-state index contributed by atoms with van der Waals surface area (Å²) in [5, 5.41) is 11.1. The van der Waals surface area contributed by atoms with E-state index in [9.17, 15) is 13.2 Å². The Kier molecular flexibility index (Phi) is 2.87. The molecule has 1 atom stereocenters. The van der Waals surface area contributed by atoms with Crippen molar-refractivity contribution in [3.63, 3.8) is 0 Å². The predicted molar refractivity (Wildman–Crippen MR) is 42.3 cm³/mol. The third-order valence-electron chi connectivity index (χ3n) is 2.39. The van der Waals surface area contributed by atoms with Gasteiger partial charge in [-0.3, -0.25) is 0 Å². The van der Waals surface area contributed by atoms with Gasteiger partial charge in [-0.15, -0.1) is 0 Å². The highest BCUT2D eigenvalue weighted by molar-refractivity contribution is 5.07. The van der Waals surface area contributed by atoms with Crippen LogP contribution in [0.5, 0.6) is 0 Å². The van der Waals surface area contributed by atoms with Crippen molar-refractivity contribution < 1.29 is 18.3 Å². The molecule has 0 spiro atoms. The Morgan fingerprint density at radius 3 is 2.31 bits per heavy atom. The molecule has 0 radical (unpaired) electrons. The molecule has 2 nitrogen and oxygen atoms in total. The average molecular weight is 197 g/mol. The zero-order valence-corrected chi connectivity index (χ0v) is 7.49. The van der Waals surface area contributed by atoms with Crippen LogP contribution in [-0.4, -0.2) is 30.0 Å². The molecular weight excluding hydrogens is 183 g/mol. The van der Waals surface area contributed by atoms with Gasteiger partial charge in [-0.2, -0.15) is 13.2 Å². The van der Waals surface area contributed by atoms with E-state index >= 15 is 0 Å². The molecule has 0 aromatic rings. The Labute approximate surface area is 75.1 Å². The zero-order chi connectivity index (χ0) is 10.1. The standard InChI is InChI=1S/C8H14F3NO/c1-6(5-13)4-12-7(2-3-7)8(9,10)11/h6,12-13H,2-5H2,1H3. The van der Waals surface area contributed by atoms with Crippen molar-refractivity contribution in [2.24, 2.45) is 5.92 Å². The van der Waals surface area contributed by atoms with Gasteiger partial charge in [-0.1, -0.05) is 6.92 Å². The van der Waals surface area contributed by atoms with Crippen LogP contribution in [0, 0.1) is 5.92 Å². The monoisotopic (exact) mass is 197 g/mol. The molecule has 1 rings (SSSR count). The van der Waals surface area contributed by atoms with E-state index < -0.39 is 11.7 Å². The third-order valence-corrected chi connectivity index (χ3v) is 2.39. The molecule has 1 fully saturated rings. The van der Waals surface area contributed by atoms with Crippen molar-refractivity contribution in [3.8, 4) is 0 Å². The SMILES string of the molecule is CC(CO)CNC1(C(F)(F)F)CC1. The fourth-order valence-corrected chi connectivity index (χ4v) is 1.12. The summed E-state index contributed by atoms with van der Waals surface area (Å²) in [4.78, 5) is 0. The van der Waals surface area contributed by atoms with Gasteiger partial charge in [0.05, 0.1) is 0 Å². The highest BCUT2D eigenvalue weighted by atomic mass is 19.4. The number of rotatable bonds is 4. The number of alkyl halides is 3. The van der Waals surface area contributed by atoms with Crippen LogP contribution in [0.15, 0.2) is 0 Å². The van der Waals surface area contributed by atoms with Crippen LogP contribution < -0.4 is 5.32 Å². The first-order valence-corrected chi connectivity index (χ1v) is 4.34. The maximum Gasteiger partial charge on any atom is 0.406 e. The molecule has 1 saturated carbocycles. The number of aliphatic hydroxyl groups is 1. The van der Waals surface area contributed by atoms with Gasteiger partial charge in [0.15, 0.2) is 0 Å². The molecule has 0 aromatic carbocycles. The van der Waals surface area contributed by atoms with Crippen molar-refractivity contribution in [2.75, 3.05) is 13.2 Å². The molecular formula is C8H14F3NO. The summed E-state index contributed by atoms with van der Waals surface area (Å²) in [6.07, 6.45) is -3.83. The van der Waals surface area contributed by atoms with E-state index in [-0.39, 0.29) is 31.9 Å². The van der Waals surface area contributed by atoms with Crippen molar-refractivity contribution in [2.45, 2.75) is 31.5 Å². The second kappa shape index (κ2) is 3.46. The van der Waals surface area contributed by atoms with Crippen molar-refractivity contribution in [1.82, 2.24) is 5.32 Å². The van der Waals surface area contributed by atoms with Gasteiger partial charge in [0.2, 0.25) is 0 Å². The second-order valence-corrected chi connectivity index (χ2v) is 3.75. The van der Waals surface area contributed by atoms with Gasteiger partial charge in [-0.25, -0.2) is 0 Å². The molecule has 0 saturated heterocycles. The van der Waals surface area contributed by atoms with E-state index in [4.69, 9.17) is 5.11 Å². The summed E-state index contributed by atoms with van der Waals surface area (Å²) in [7, 11) is 0. The van der Waals surface area contributed by atoms with Crippen LogP contribution in [-0.2, 0) is 0 Å². The van der Waals surface area contributed by atoms with E-state index in [0.29, 0.717) is 0 Å². The third kappa shape index (κ3) is 2.34. The molecule has 5 heteroatoms. The maximum absolute atomic E-state index is 12.3. The zero-order valence-electron chi connectivity index (χ0n) is 7.49. The summed E-state index contributed by atoms with van der Waals surface area (Å²) in [5.74, 6) is -0.125. The lowest BCUT2D eigenvalue weighted by Crippen LogP contribution is -2.46. The van der Waals surface area contributed by atoms with Crippen LogP contribution in [0.25, 0.3) is 0 Å². The summed E-state index contributed by atoms with van der Waals surface area (Å²) in [6, 6.07) is 0. The highest BCUT2D eigenvalue weighted by Crippen LogP contribution is 2.48. The Balaban J connectivity index is 2.36. The lowest BCUT2D eigenvalue weighted by atomic mass is 10.1. The number of aliphatic hydroxyl groups excluding tert-OH is 1. The minimum atomic E-state index is -4.15. The Hall–Kier alpha value is -0.290. The fourth-order valence-electron chi connectivity index (χ4n) is 1.12. The molecule has 13 heavy (non-hydrogen) atoms. The van der Waals surface area contributed by atoms with Crippen molar-refractivity contribution in [1.29, 1.82) is 0 Å². The largest absolute Gasteiger partial charge is 0.406 e. The van der Waals surface area contributed by atoms with E-state index in [0.717, 1.165) is 0 Å². The molecule has 1 aliphatic rings. The maximum atomic E-state index is 12.3. The molecule has 0 aliphatic heterocycles. The fraction of sp³-hybridized carbons (Fsp3) is 1.00. The Morgan fingerprint density at radius 1 is 1.46 bits per heavy atom. The summed E-state index contributed by atoms with van der Waals surface area (Å²) < 4.78 is 37.0.